The lowest BCUT2D eigenvalue weighted by Crippen LogP contribution is -2.50. The van der Waals surface area contributed by atoms with Gasteiger partial charge in [-0.3, -0.25) is 4.79 Å². The van der Waals surface area contributed by atoms with Crippen LogP contribution in [0.2, 0.25) is 0 Å². The number of pyridine rings is 1. The Hall–Kier alpha value is -2.95. The number of ether oxygens (including phenoxy) is 1. The highest BCUT2D eigenvalue weighted by Gasteiger charge is 2.34. The smallest absolute Gasteiger partial charge is 0.259 e. The maximum atomic E-state index is 13.6. The fourth-order valence-electron chi connectivity index (χ4n) is 5.11. The summed E-state index contributed by atoms with van der Waals surface area (Å²) >= 11 is 0. The molecule has 0 unspecified atom stereocenters. The van der Waals surface area contributed by atoms with Gasteiger partial charge in [0.1, 0.15) is 17.5 Å². The lowest BCUT2D eigenvalue weighted by Gasteiger charge is -2.38. The van der Waals surface area contributed by atoms with Gasteiger partial charge in [-0.2, -0.15) is 0 Å². The second-order valence-electron chi connectivity index (χ2n) is 10.3. The van der Waals surface area contributed by atoms with Gasteiger partial charge >= 0.3 is 0 Å². The fraction of sp³-hybridized carbons (Fsp3) is 0.517. The number of hydrogen-bond acceptors (Lipinski definition) is 5. The van der Waals surface area contributed by atoms with Crippen LogP contribution in [0.1, 0.15) is 61.0 Å². The molecular weight excluding hydrogens is 457 g/mol. The zero-order valence-corrected chi connectivity index (χ0v) is 21.4. The number of carbonyl (C=O) groups is 1. The second kappa shape index (κ2) is 11.9. The number of aromatic nitrogens is 1. The second-order valence-corrected chi connectivity index (χ2v) is 10.3. The van der Waals surface area contributed by atoms with Crippen molar-refractivity contribution in [1.29, 1.82) is 0 Å². The Kier molecular flexibility index (Phi) is 8.60. The van der Waals surface area contributed by atoms with Gasteiger partial charge in [0.2, 0.25) is 5.88 Å². The van der Waals surface area contributed by atoms with Crippen molar-refractivity contribution in [2.45, 2.75) is 51.7 Å². The van der Waals surface area contributed by atoms with Gasteiger partial charge < -0.3 is 19.6 Å². The third-order valence-corrected chi connectivity index (χ3v) is 7.23. The van der Waals surface area contributed by atoms with Gasteiger partial charge in [0.15, 0.2) is 0 Å². The highest BCUT2D eigenvalue weighted by Crippen LogP contribution is 2.29. The molecule has 1 aromatic carbocycles. The lowest BCUT2D eigenvalue weighted by atomic mass is 9.99. The number of amides is 1. The first-order valence-corrected chi connectivity index (χ1v) is 12.9. The number of carbonyl (C=O) groups excluding carboxylic acids is 1. The number of halogens is 1. The van der Waals surface area contributed by atoms with Crippen LogP contribution in [0.15, 0.2) is 36.5 Å². The van der Waals surface area contributed by atoms with Crippen molar-refractivity contribution in [2.24, 2.45) is 11.8 Å². The Morgan fingerprint density at radius 1 is 1.22 bits per heavy atom. The predicted molar refractivity (Wildman–Crippen MR) is 137 cm³/mol. The molecule has 2 heterocycles. The van der Waals surface area contributed by atoms with Crippen LogP contribution < -0.4 is 4.74 Å². The summed E-state index contributed by atoms with van der Waals surface area (Å²) in [7, 11) is 2.13. The number of aliphatic hydroxyl groups excluding tert-OH is 1. The molecule has 0 radical (unpaired) electrons. The summed E-state index contributed by atoms with van der Waals surface area (Å²) < 4.78 is 19.9. The normalized spacial score (nSPS) is 21.3. The summed E-state index contributed by atoms with van der Waals surface area (Å²) in [5.74, 6) is 6.40. The van der Waals surface area contributed by atoms with Crippen LogP contribution in [-0.4, -0.2) is 71.2 Å². The van der Waals surface area contributed by atoms with Crippen LogP contribution in [0.3, 0.4) is 0 Å². The molecule has 0 saturated heterocycles. The molecule has 0 bridgehead atoms. The molecule has 0 spiro atoms. The Morgan fingerprint density at radius 3 is 2.69 bits per heavy atom. The monoisotopic (exact) mass is 493 g/mol. The maximum absolute atomic E-state index is 13.6. The summed E-state index contributed by atoms with van der Waals surface area (Å²) in [5.41, 5.74) is 1.41. The first-order valence-electron chi connectivity index (χ1n) is 12.9. The molecule has 1 saturated carbocycles. The van der Waals surface area contributed by atoms with E-state index in [4.69, 9.17) is 4.74 Å². The topological polar surface area (TPSA) is 65.9 Å². The molecule has 2 aromatic rings. The van der Waals surface area contributed by atoms with Gasteiger partial charge in [0.25, 0.3) is 5.91 Å². The molecule has 1 aliphatic carbocycles. The standard InChI is InChI=1S/C29H36FN3O3/c1-20-16-33(21(2)19-34)29(35)26-14-24(12-11-22-9-6-10-25(30)13-22)15-31-28(26)36-27(20)18-32(3)17-23-7-4-5-8-23/h6,9-10,13-15,20-21,23,27,34H,4-5,7-8,16-19H2,1-3H3/t20-,21+,27-/m0/s1. The molecule has 4 rings (SSSR count). The van der Waals surface area contributed by atoms with Crippen LogP contribution in [0.5, 0.6) is 5.88 Å². The number of benzene rings is 1. The Balaban J connectivity index is 1.61. The number of fused-ring (bicyclic) bond motifs is 1. The molecule has 7 heteroatoms. The van der Waals surface area contributed by atoms with E-state index < -0.39 is 0 Å². The number of likely N-dealkylation sites (N-methyl/N-ethyl adjacent to an activating group) is 1. The number of nitrogens with zero attached hydrogens (tertiary/aromatic N) is 3. The SMILES string of the molecule is C[C@H](CO)N1C[C@H](C)[C@H](CN(C)CC2CCCC2)Oc2ncc(C#Cc3cccc(F)c3)cc2C1=O. The van der Waals surface area contributed by atoms with Crippen molar-refractivity contribution in [3.05, 3.63) is 59.0 Å². The first-order chi connectivity index (χ1) is 17.3. The van der Waals surface area contributed by atoms with Gasteiger partial charge in [-0.1, -0.05) is 37.7 Å². The minimum atomic E-state index is -0.353. The quantitative estimate of drug-likeness (QED) is 0.617. The van der Waals surface area contributed by atoms with E-state index in [9.17, 15) is 14.3 Å². The highest BCUT2D eigenvalue weighted by molar-refractivity contribution is 5.97. The van der Waals surface area contributed by atoms with E-state index in [-0.39, 0.29) is 42.3 Å². The zero-order chi connectivity index (χ0) is 25.7. The van der Waals surface area contributed by atoms with Gasteiger partial charge in [-0.15, -0.1) is 0 Å². The van der Waals surface area contributed by atoms with Crippen molar-refractivity contribution >= 4 is 5.91 Å². The molecule has 192 valence electrons. The minimum absolute atomic E-state index is 0.0522. The average Bonchev–Trinajstić information content (AvgIpc) is 3.37. The fourth-order valence-corrected chi connectivity index (χ4v) is 5.11. The van der Waals surface area contributed by atoms with E-state index >= 15 is 0 Å². The van der Waals surface area contributed by atoms with Crippen molar-refractivity contribution in [2.75, 3.05) is 33.3 Å². The van der Waals surface area contributed by atoms with Gasteiger partial charge in [0.05, 0.1) is 12.6 Å². The third-order valence-electron chi connectivity index (χ3n) is 7.23. The zero-order valence-electron chi connectivity index (χ0n) is 21.4. The number of aliphatic hydroxyl groups is 1. The van der Waals surface area contributed by atoms with E-state index in [0.29, 0.717) is 23.2 Å². The molecule has 1 aliphatic heterocycles. The van der Waals surface area contributed by atoms with Crippen molar-refractivity contribution < 1.29 is 19.0 Å². The van der Waals surface area contributed by atoms with E-state index in [0.717, 1.165) is 19.0 Å². The molecule has 1 aromatic heterocycles. The largest absolute Gasteiger partial charge is 0.472 e. The Bertz CT molecular complexity index is 1120. The summed E-state index contributed by atoms with van der Waals surface area (Å²) in [6, 6.07) is 7.40. The molecule has 1 amide bonds. The minimum Gasteiger partial charge on any atom is -0.472 e. The van der Waals surface area contributed by atoms with Crippen molar-refractivity contribution in [3.63, 3.8) is 0 Å². The predicted octanol–water partition coefficient (Wildman–Crippen LogP) is 3.96. The average molecular weight is 494 g/mol. The summed E-state index contributed by atoms with van der Waals surface area (Å²) in [6.45, 7) is 6.04. The molecule has 1 fully saturated rings. The molecule has 36 heavy (non-hydrogen) atoms. The van der Waals surface area contributed by atoms with Crippen LogP contribution in [-0.2, 0) is 0 Å². The maximum Gasteiger partial charge on any atom is 0.259 e. The van der Waals surface area contributed by atoms with Gasteiger partial charge in [0, 0.05) is 42.9 Å². The molecule has 6 nitrogen and oxygen atoms in total. The molecule has 1 N–H and O–H groups in total. The van der Waals surface area contributed by atoms with Crippen LogP contribution in [0.4, 0.5) is 4.39 Å². The first kappa shape index (κ1) is 26.1. The molecular formula is C29H36FN3O3. The Morgan fingerprint density at radius 2 is 1.97 bits per heavy atom. The van der Waals surface area contributed by atoms with Crippen LogP contribution in [0.25, 0.3) is 0 Å². The van der Waals surface area contributed by atoms with E-state index in [1.165, 1.54) is 37.8 Å². The highest BCUT2D eigenvalue weighted by atomic mass is 19.1. The van der Waals surface area contributed by atoms with E-state index in [2.05, 4.69) is 35.7 Å². The van der Waals surface area contributed by atoms with Gasteiger partial charge in [-0.05, 0) is 57.0 Å². The van der Waals surface area contributed by atoms with E-state index in [1.807, 2.05) is 6.92 Å². The van der Waals surface area contributed by atoms with E-state index in [1.54, 1.807) is 29.3 Å². The lowest BCUT2D eigenvalue weighted by molar-refractivity contribution is 0.0320. The summed E-state index contributed by atoms with van der Waals surface area (Å²) in [6.07, 6.45) is 6.62. The van der Waals surface area contributed by atoms with Crippen LogP contribution >= 0.6 is 0 Å². The van der Waals surface area contributed by atoms with Crippen LogP contribution in [0, 0.1) is 29.5 Å². The van der Waals surface area contributed by atoms with Crippen molar-refractivity contribution in [1.82, 2.24) is 14.8 Å². The number of rotatable bonds is 6. The van der Waals surface area contributed by atoms with Crippen molar-refractivity contribution in [3.8, 4) is 17.7 Å². The third kappa shape index (κ3) is 6.43. The summed E-state index contributed by atoms with van der Waals surface area (Å²) in [4.78, 5) is 22.1. The summed E-state index contributed by atoms with van der Waals surface area (Å²) in [5, 5.41) is 9.86. The number of hydrogen-bond donors (Lipinski definition) is 1. The molecule has 2 aliphatic rings. The Labute approximate surface area is 213 Å². The molecule has 3 atom stereocenters. The van der Waals surface area contributed by atoms with Gasteiger partial charge in [-0.25, -0.2) is 9.37 Å².